The molecule has 2 aliphatic rings. The van der Waals surface area contributed by atoms with E-state index in [-0.39, 0.29) is 0 Å². The molecule has 0 radical (unpaired) electrons. The van der Waals surface area contributed by atoms with Gasteiger partial charge in [-0.15, -0.1) is 0 Å². The van der Waals surface area contributed by atoms with E-state index in [0.717, 1.165) is 12.0 Å². The van der Waals surface area contributed by atoms with Gasteiger partial charge in [0.25, 0.3) is 0 Å². The first kappa shape index (κ1) is 12.7. The molecule has 17 heavy (non-hydrogen) atoms. The number of nitrogens with zero attached hydrogens (tertiary/aromatic N) is 1. The molecule has 0 bridgehead atoms. The largest absolute Gasteiger partial charge is 0.388 e. The molecule has 0 aromatic carbocycles. The molecule has 0 saturated carbocycles. The van der Waals surface area contributed by atoms with Crippen molar-refractivity contribution in [2.45, 2.75) is 45.6 Å². The minimum atomic E-state index is 0.756. The molecule has 1 aliphatic carbocycles. The van der Waals surface area contributed by atoms with Crippen molar-refractivity contribution in [1.82, 2.24) is 10.2 Å². The van der Waals surface area contributed by atoms with E-state index < -0.39 is 0 Å². The highest BCUT2D eigenvalue weighted by molar-refractivity contribution is 5.34. The van der Waals surface area contributed by atoms with E-state index in [4.69, 9.17) is 0 Å². The smallest absolute Gasteiger partial charge is 0.0330 e. The second-order valence-electron chi connectivity index (χ2n) is 5.26. The van der Waals surface area contributed by atoms with Gasteiger partial charge in [0.05, 0.1) is 0 Å². The average molecular weight is 234 g/mol. The minimum absolute atomic E-state index is 0.756. The van der Waals surface area contributed by atoms with E-state index in [2.05, 4.69) is 36.2 Å². The molecule has 1 fully saturated rings. The molecule has 96 valence electrons. The van der Waals surface area contributed by atoms with Crippen LogP contribution in [0.15, 0.2) is 23.4 Å². The molecule has 2 rings (SSSR count). The molecular formula is C15H26N2. The van der Waals surface area contributed by atoms with Crippen LogP contribution in [0.2, 0.25) is 0 Å². The van der Waals surface area contributed by atoms with Crippen LogP contribution in [0.5, 0.6) is 0 Å². The van der Waals surface area contributed by atoms with Crippen molar-refractivity contribution in [3.05, 3.63) is 23.4 Å². The predicted octanol–water partition coefficient (Wildman–Crippen LogP) is 2.93. The summed E-state index contributed by atoms with van der Waals surface area (Å²) in [7, 11) is 2.04. The van der Waals surface area contributed by atoms with Crippen LogP contribution in [-0.2, 0) is 0 Å². The highest BCUT2D eigenvalue weighted by atomic mass is 15.2. The third-order valence-electron chi connectivity index (χ3n) is 4.23. The number of hydrogen-bond acceptors (Lipinski definition) is 2. The first-order valence-corrected chi connectivity index (χ1v) is 7.09. The van der Waals surface area contributed by atoms with Crippen LogP contribution in [0.3, 0.4) is 0 Å². The lowest BCUT2D eigenvalue weighted by atomic mass is 9.79. The van der Waals surface area contributed by atoms with Crippen molar-refractivity contribution in [3.8, 4) is 0 Å². The van der Waals surface area contributed by atoms with Gasteiger partial charge >= 0.3 is 0 Å². The maximum absolute atomic E-state index is 3.36. The van der Waals surface area contributed by atoms with Crippen LogP contribution in [0.1, 0.15) is 39.5 Å². The van der Waals surface area contributed by atoms with Gasteiger partial charge in [-0.1, -0.05) is 19.1 Å². The summed E-state index contributed by atoms with van der Waals surface area (Å²) in [6, 6.07) is 0.756. The van der Waals surface area contributed by atoms with Crippen molar-refractivity contribution in [1.29, 1.82) is 0 Å². The Hall–Kier alpha value is -0.760. The van der Waals surface area contributed by atoms with E-state index in [1.54, 1.807) is 0 Å². The molecule has 2 heteroatoms. The van der Waals surface area contributed by atoms with E-state index in [1.165, 1.54) is 50.0 Å². The first-order valence-electron chi connectivity index (χ1n) is 7.09. The van der Waals surface area contributed by atoms with Crippen LogP contribution in [0, 0.1) is 5.92 Å². The van der Waals surface area contributed by atoms with Crippen LogP contribution in [0.25, 0.3) is 0 Å². The summed E-state index contributed by atoms with van der Waals surface area (Å²) in [4.78, 5) is 2.71. The van der Waals surface area contributed by atoms with Gasteiger partial charge in [0.15, 0.2) is 0 Å². The van der Waals surface area contributed by atoms with E-state index >= 15 is 0 Å². The molecule has 0 spiro atoms. The van der Waals surface area contributed by atoms with Gasteiger partial charge in [0, 0.05) is 18.8 Å². The zero-order valence-electron chi connectivity index (χ0n) is 11.5. The molecule has 1 unspecified atom stereocenters. The Balaban J connectivity index is 2.19. The summed E-state index contributed by atoms with van der Waals surface area (Å²) in [5, 5.41) is 3.36. The monoisotopic (exact) mass is 234 g/mol. The third-order valence-corrected chi connectivity index (χ3v) is 4.23. The van der Waals surface area contributed by atoms with E-state index in [0.29, 0.717) is 0 Å². The van der Waals surface area contributed by atoms with Crippen LogP contribution < -0.4 is 5.32 Å². The SMILES string of the molecule is CC=C1CC2[C@@H](C=C1NC)CCCN2CCC. The van der Waals surface area contributed by atoms with Gasteiger partial charge in [-0.25, -0.2) is 0 Å². The topological polar surface area (TPSA) is 15.3 Å². The van der Waals surface area contributed by atoms with Crippen molar-refractivity contribution in [2.24, 2.45) is 5.92 Å². The zero-order chi connectivity index (χ0) is 12.3. The second kappa shape index (κ2) is 5.72. The minimum Gasteiger partial charge on any atom is -0.388 e. The Morgan fingerprint density at radius 2 is 2.35 bits per heavy atom. The fourth-order valence-corrected chi connectivity index (χ4v) is 3.37. The molecular weight excluding hydrogens is 208 g/mol. The van der Waals surface area contributed by atoms with Crippen LogP contribution in [-0.4, -0.2) is 31.1 Å². The van der Waals surface area contributed by atoms with E-state index in [9.17, 15) is 0 Å². The lowest BCUT2D eigenvalue weighted by Gasteiger charge is -2.43. The maximum atomic E-state index is 3.36. The van der Waals surface area contributed by atoms with Gasteiger partial charge in [-0.3, -0.25) is 4.90 Å². The zero-order valence-corrected chi connectivity index (χ0v) is 11.5. The standard InChI is InChI=1S/C15H26N2/c1-4-8-17-9-6-7-13-10-14(16-3)12(5-2)11-15(13)17/h5,10,13,15-16H,4,6-9,11H2,1-3H3/t13-,15?/m1/s1. The first-order chi connectivity index (χ1) is 8.30. The molecule has 1 heterocycles. The summed E-state index contributed by atoms with van der Waals surface area (Å²) in [5.74, 6) is 0.765. The Labute approximate surface area is 106 Å². The molecule has 1 N–H and O–H groups in total. The number of nitrogens with one attached hydrogen (secondary N) is 1. The highest BCUT2D eigenvalue weighted by Crippen LogP contribution is 2.35. The number of allylic oxidation sites excluding steroid dienone is 2. The van der Waals surface area contributed by atoms with Gasteiger partial charge in [0.1, 0.15) is 0 Å². The van der Waals surface area contributed by atoms with Crippen molar-refractivity contribution in [3.63, 3.8) is 0 Å². The maximum Gasteiger partial charge on any atom is 0.0330 e. The molecule has 1 aliphatic heterocycles. The molecule has 0 aromatic rings. The van der Waals surface area contributed by atoms with Crippen molar-refractivity contribution in [2.75, 3.05) is 20.1 Å². The Bertz CT molecular complexity index is 315. The van der Waals surface area contributed by atoms with Gasteiger partial charge in [0.2, 0.25) is 0 Å². The number of likely N-dealkylation sites (tertiary alicyclic amines) is 1. The van der Waals surface area contributed by atoms with Crippen LogP contribution in [0.4, 0.5) is 0 Å². The summed E-state index contributed by atoms with van der Waals surface area (Å²) >= 11 is 0. The lowest BCUT2D eigenvalue weighted by Crippen LogP contribution is -2.47. The number of rotatable bonds is 3. The van der Waals surface area contributed by atoms with E-state index in [1.807, 2.05) is 7.05 Å². The van der Waals surface area contributed by atoms with Crippen molar-refractivity contribution < 1.29 is 0 Å². The summed E-state index contributed by atoms with van der Waals surface area (Å²) in [6.07, 6.45) is 9.99. The molecule has 2 nitrogen and oxygen atoms in total. The fourth-order valence-electron chi connectivity index (χ4n) is 3.37. The number of piperidine rings is 1. The molecule has 1 saturated heterocycles. The predicted molar refractivity (Wildman–Crippen MR) is 73.9 cm³/mol. The number of fused-ring (bicyclic) bond motifs is 1. The molecule has 0 aromatic heterocycles. The molecule has 0 amide bonds. The Morgan fingerprint density at radius 1 is 1.53 bits per heavy atom. The Morgan fingerprint density at radius 3 is 3.00 bits per heavy atom. The van der Waals surface area contributed by atoms with Gasteiger partial charge in [-0.2, -0.15) is 0 Å². The summed E-state index contributed by atoms with van der Waals surface area (Å²) < 4.78 is 0. The molecule has 2 atom stereocenters. The lowest BCUT2D eigenvalue weighted by molar-refractivity contribution is 0.109. The van der Waals surface area contributed by atoms with Crippen LogP contribution >= 0.6 is 0 Å². The highest BCUT2D eigenvalue weighted by Gasteiger charge is 2.33. The Kier molecular flexibility index (Phi) is 4.27. The number of likely N-dealkylation sites (N-methyl/N-ethyl adjacent to an activating group) is 1. The summed E-state index contributed by atoms with van der Waals surface area (Å²) in [6.45, 7) is 7.02. The number of hydrogen-bond donors (Lipinski definition) is 1. The second-order valence-corrected chi connectivity index (χ2v) is 5.26. The quantitative estimate of drug-likeness (QED) is 0.807. The normalized spacial score (nSPS) is 32.2. The van der Waals surface area contributed by atoms with Gasteiger partial charge < -0.3 is 5.32 Å². The van der Waals surface area contributed by atoms with Gasteiger partial charge in [-0.05, 0) is 57.2 Å². The third kappa shape index (κ3) is 2.57. The summed E-state index contributed by atoms with van der Waals surface area (Å²) in [5.41, 5.74) is 2.86. The average Bonchev–Trinajstić information content (AvgIpc) is 2.38. The fraction of sp³-hybridized carbons (Fsp3) is 0.733. The van der Waals surface area contributed by atoms with Crippen molar-refractivity contribution >= 4 is 0 Å².